The molecule has 1 amide bonds. The van der Waals surface area contributed by atoms with E-state index >= 15 is 0 Å². The molecule has 0 aliphatic carbocycles. The maximum atomic E-state index is 12.7. The second-order valence-electron chi connectivity index (χ2n) is 6.34. The lowest BCUT2D eigenvalue weighted by Gasteiger charge is -2.22. The number of carboxylic acid groups (broad SMARTS) is 1. The first-order valence-electron chi connectivity index (χ1n) is 8.24. The molecule has 0 radical (unpaired) electrons. The second kappa shape index (κ2) is 9.16. The van der Waals surface area contributed by atoms with Gasteiger partial charge in [-0.15, -0.1) is 0 Å². The highest BCUT2D eigenvalue weighted by Gasteiger charge is 2.29. The van der Waals surface area contributed by atoms with Crippen LogP contribution >= 0.6 is 7.60 Å². The molecule has 0 aliphatic heterocycles. The van der Waals surface area contributed by atoms with Crippen LogP contribution in [0, 0.1) is 0 Å². The Hall–Kier alpha value is -1.89. The number of nitrogens with one attached hydrogen (secondary N) is 1. The first kappa shape index (κ1) is 22.2. The van der Waals surface area contributed by atoms with Crippen molar-refractivity contribution >= 4 is 25.0 Å². The standard InChI is InChI=1S/C17H26NO7P/c1-6-23-26(22,24-7-2)13-10-8-12(9-11-13)14(15(19)20)18-16(21)25-17(3,4)5/h8-11,14H,6-7H2,1-5H3,(H,18,21)(H,19,20)/t14-/m1/s1. The number of carbonyl (C=O) groups excluding carboxylic acids is 1. The molecule has 26 heavy (non-hydrogen) atoms. The molecule has 1 atom stereocenters. The molecule has 1 aromatic carbocycles. The van der Waals surface area contributed by atoms with Gasteiger partial charge in [-0.2, -0.15) is 0 Å². The van der Waals surface area contributed by atoms with Crippen molar-refractivity contribution < 1.29 is 33.0 Å². The Labute approximate surface area is 153 Å². The number of carbonyl (C=O) groups is 2. The van der Waals surface area contributed by atoms with E-state index in [2.05, 4.69) is 5.32 Å². The fourth-order valence-electron chi connectivity index (χ4n) is 2.09. The third-order valence-corrected chi connectivity index (χ3v) is 5.18. The number of ether oxygens (including phenoxy) is 1. The average Bonchev–Trinajstić information content (AvgIpc) is 2.51. The van der Waals surface area contributed by atoms with Crippen LogP contribution in [-0.2, 0) is 23.1 Å². The van der Waals surface area contributed by atoms with Crippen LogP contribution < -0.4 is 10.6 Å². The van der Waals surface area contributed by atoms with E-state index in [0.717, 1.165) is 0 Å². The number of hydrogen-bond donors (Lipinski definition) is 2. The van der Waals surface area contributed by atoms with Crippen LogP contribution in [0.4, 0.5) is 4.79 Å². The molecule has 0 unspecified atom stereocenters. The SMILES string of the molecule is CCOP(=O)(OCC)c1ccc([C@@H](NC(=O)OC(C)(C)C)C(=O)O)cc1. The number of hydrogen-bond acceptors (Lipinski definition) is 6. The Balaban J connectivity index is 3.03. The molecule has 0 saturated carbocycles. The maximum Gasteiger partial charge on any atom is 0.408 e. The van der Waals surface area contributed by atoms with Crippen molar-refractivity contribution in [3.05, 3.63) is 29.8 Å². The summed E-state index contributed by atoms with van der Waals surface area (Å²) < 4.78 is 28.3. The van der Waals surface area contributed by atoms with E-state index in [0.29, 0.717) is 10.9 Å². The minimum Gasteiger partial charge on any atom is -0.479 e. The minimum absolute atomic E-state index is 0.205. The highest BCUT2D eigenvalue weighted by molar-refractivity contribution is 7.62. The summed E-state index contributed by atoms with van der Waals surface area (Å²) in [5, 5.41) is 12.0. The van der Waals surface area contributed by atoms with Crippen LogP contribution in [0.2, 0.25) is 0 Å². The molecule has 0 fully saturated rings. The summed E-state index contributed by atoms with van der Waals surface area (Å²) in [6, 6.07) is 4.53. The molecule has 0 heterocycles. The Kier molecular flexibility index (Phi) is 7.81. The van der Waals surface area contributed by atoms with Crippen LogP contribution in [0.5, 0.6) is 0 Å². The van der Waals surface area contributed by atoms with Gasteiger partial charge in [-0.25, -0.2) is 9.59 Å². The third kappa shape index (κ3) is 6.44. The van der Waals surface area contributed by atoms with Gasteiger partial charge in [0.25, 0.3) is 0 Å². The molecular formula is C17H26NO7P. The number of carboxylic acids is 1. The van der Waals surface area contributed by atoms with Crippen molar-refractivity contribution in [3.63, 3.8) is 0 Å². The Bertz CT molecular complexity index is 657. The highest BCUT2D eigenvalue weighted by atomic mass is 31.2. The van der Waals surface area contributed by atoms with Gasteiger partial charge in [0.15, 0.2) is 6.04 Å². The van der Waals surface area contributed by atoms with Crippen molar-refractivity contribution in [2.45, 2.75) is 46.3 Å². The Morgan fingerprint density at radius 2 is 1.62 bits per heavy atom. The molecule has 0 aromatic heterocycles. The number of amides is 1. The summed E-state index contributed by atoms with van der Waals surface area (Å²) in [5.74, 6) is -1.25. The Morgan fingerprint density at radius 3 is 2.00 bits per heavy atom. The topological polar surface area (TPSA) is 111 Å². The van der Waals surface area contributed by atoms with Crippen LogP contribution in [0.1, 0.15) is 46.2 Å². The van der Waals surface area contributed by atoms with E-state index in [1.54, 1.807) is 34.6 Å². The van der Waals surface area contributed by atoms with Crippen molar-refractivity contribution in [2.75, 3.05) is 13.2 Å². The van der Waals surface area contributed by atoms with E-state index in [-0.39, 0.29) is 13.2 Å². The largest absolute Gasteiger partial charge is 0.479 e. The minimum atomic E-state index is -3.46. The summed E-state index contributed by atoms with van der Waals surface area (Å²) >= 11 is 0. The summed E-state index contributed by atoms with van der Waals surface area (Å²) in [5.41, 5.74) is -0.454. The smallest absolute Gasteiger partial charge is 0.408 e. The van der Waals surface area contributed by atoms with Crippen LogP contribution in [0.15, 0.2) is 24.3 Å². The van der Waals surface area contributed by atoms with Gasteiger partial charge in [0.1, 0.15) is 5.60 Å². The highest BCUT2D eigenvalue weighted by Crippen LogP contribution is 2.46. The molecule has 0 aliphatic rings. The fourth-order valence-corrected chi connectivity index (χ4v) is 3.66. The summed E-state index contributed by atoms with van der Waals surface area (Å²) in [4.78, 5) is 23.4. The Morgan fingerprint density at radius 1 is 1.12 bits per heavy atom. The number of benzene rings is 1. The van der Waals surface area contributed by atoms with E-state index < -0.39 is 31.3 Å². The summed E-state index contributed by atoms with van der Waals surface area (Å²) in [6.07, 6.45) is -0.844. The lowest BCUT2D eigenvalue weighted by Crippen LogP contribution is -2.38. The maximum absolute atomic E-state index is 12.7. The molecule has 146 valence electrons. The van der Waals surface area contributed by atoms with Crippen molar-refractivity contribution in [3.8, 4) is 0 Å². The van der Waals surface area contributed by atoms with Crippen molar-refractivity contribution in [1.29, 1.82) is 0 Å². The molecule has 1 aromatic rings. The second-order valence-corrected chi connectivity index (χ2v) is 8.37. The van der Waals surface area contributed by atoms with Crippen LogP contribution in [-0.4, -0.2) is 36.0 Å². The average molecular weight is 387 g/mol. The molecule has 0 bridgehead atoms. The van der Waals surface area contributed by atoms with E-state index in [1.165, 1.54) is 24.3 Å². The lowest BCUT2D eigenvalue weighted by atomic mass is 10.1. The number of aliphatic carboxylic acids is 1. The van der Waals surface area contributed by atoms with Gasteiger partial charge in [-0.05, 0) is 52.3 Å². The van der Waals surface area contributed by atoms with Gasteiger partial charge in [-0.1, -0.05) is 12.1 Å². The third-order valence-electron chi connectivity index (χ3n) is 3.05. The zero-order valence-electron chi connectivity index (χ0n) is 15.6. The molecule has 9 heteroatoms. The van der Waals surface area contributed by atoms with Crippen molar-refractivity contribution in [2.24, 2.45) is 0 Å². The van der Waals surface area contributed by atoms with Crippen LogP contribution in [0.25, 0.3) is 0 Å². The predicted octanol–water partition coefficient (Wildman–Crippen LogP) is 3.23. The number of alkyl carbamates (subject to hydrolysis) is 1. The van der Waals surface area contributed by atoms with Gasteiger partial charge >= 0.3 is 19.7 Å². The first-order valence-corrected chi connectivity index (χ1v) is 9.78. The quantitative estimate of drug-likeness (QED) is 0.659. The molecule has 2 N–H and O–H groups in total. The van der Waals surface area contributed by atoms with Crippen LogP contribution in [0.3, 0.4) is 0 Å². The van der Waals surface area contributed by atoms with E-state index in [9.17, 15) is 19.3 Å². The predicted molar refractivity (Wildman–Crippen MR) is 96.7 cm³/mol. The first-order chi connectivity index (χ1) is 12.0. The van der Waals surface area contributed by atoms with Gasteiger partial charge in [0.2, 0.25) is 0 Å². The molecule has 8 nitrogen and oxygen atoms in total. The monoisotopic (exact) mass is 387 g/mol. The van der Waals surface area contributed by atoms with E-state index in [4.69, 9.17) is 13.8 Å². The molecule has 0 saturated heterocycles. The fraction of sp³-hybridized carbons (Fsp3) is 0.529. The van der Waals surface area contributed by atoms with Gasteiger partial charge in [0, 0.05) is 0 Å². The summed E-state index contributed by atoms with van der Waals surface area (Å²) in [6.45, 7) is 8.84. The van der Waals surface area contributed by atoms with Crippen molar-refractivity contribution in [1.82, 2.24) is 5.32 Å². The lowest BCUT2D eigenvalue weighted by molar-refractivity contribution is -0.139. The van der Waals surface area contributed by atoms with Gasteiger partial charge in [-0.3, -0.25) is 4.57 Å². The van der Waals surface area contributed by atoms with E-state index in [1.807, 2.05) is 0 Å². The molecular weight excluding hydrogens is 361 g/mol. The molecule has 1 rings (SSSR count). The zero-order valence-corrected chi connectivity index (χ0v) is 16.5. The number of rotatable bonds is 8. The zero-order chi connectivity index (χ0) is 20.0. The van der Waals surface area contributed by atoms with Gasteiger partial charge < -0.3 is 24.2 Å². The molecule has 0 spiro atoms. The summed E-state index contributed by atoms with van der Waals surface area (Å²) in [7, 11) is -3.46. The normalized spacial score (nSPS) is 13.1. The van der Waals surface area contributed by atoms with Gasteiger partial charge in [0.05, 0.1) is 18.5 Å².